The molecule has 1 aromatic heterocycles. The first-order valence-electron chi connectivity index (χ1n) is 5.26. The van der Waals surface area contributed by atoms with Gasteiger partial charge in [0.05, 0.1) is 5.75 Å². The molecule has 1 N–H and O–H groups in total. The van der Waals surface area contributed by atoms with E-state index in [1.807, 2.05) is 24.7 Å². The van der Waals surface area contributed by atoms with E-state index in [0.29, 0.717) is 0 Å². The van der Waals surface area contributed by atoms with Crippen LogP contribution in [-0.2, 0) is 23.3 Å². The van der Waals surface area contributed by atoms with Crippen molar-refractivity contribution in [2.45, 2.75) is 19.4 Å². The Morgan fingerprint density at radius 1 is 1.56 bits per heavy atom. The van der Waals surface area contributed by atoms with Crippen molar-refractivity contribution in [3.05, 3.63) is 18.0 Å². The van der Waals surface area contributed by atoms with Crippen LogP contribution in [0.2, 0.25) is 0 Å². The van der Waals surface area contributed by atoms with Crippen molar-refractivity contribution in [2.24, 2.45) is 7.05 Å². The molecule has 0 amide bonds. The van der Waals surface area contributed by atoms with Crippen LogP contribution < -0.4 is 5.32 Å². The first kappa shape index (κ1) is 13.2. The normalized spacial score (nSPS) is 13.9. The average molecular weight is 245 g/mol. The Bertz CT molecular complexity index is 425. The largest absolute Gasteiger partial charge is 0.313 e. The van der Waals surface area contributed by atoms with Crippen LogP contribution in [0.15, 0.2) is 12.3 Å². The molecule has 1 heterocycles. The monoisotopic (exact) mass is 245 g/mol. The molecule has 0 aliphatic rings. The highest BCUT2D eigenvalue weighted by Gasteiger charge is 2.09. The van der Waals surface area contributed by atoms with Crippen LogP contribution in [0.25, 0.3) is 0 Å². The Hall–Kier alpha value is -0.880. The minimum Gasteiger partial charge on any atom is -0.313 e. The summed E-state index contributed by atoms with van der Waals surface area (Å²) < 4.78 is 23.9. The van der Waals surface area contributed by atoms with Crippen molar-refractivity contribution in [1.29, 1.82) is 0 Å². The van der Waals surface area contributed by atoms with Gasteiger partial charge in [-0.15, -0.1) is 0 Å². The third-order valence-corrected chi connectivity index (χ3v) is 3.45. The number of aryl methyl sites for hydroxylation is 1. The summed E-state index contributed by atoms with van der Waals surface area (Å²) in [6.07, 6.45) is 3.87. The molecule has 0 spiro atoms. The molecule has 92 valence electrons. The third-order valence-electron chi connectivity index (χ3n) is 2.35. The number of hydrogen-bond donors (Lipinski definition) is 1. The predicted molar refractivity (Wildman–Crippen MR) is 64.1 cm³/mol. The summed E-state index contributed by atoms with van der Waals surface area (Å²) in [7, 11) is -0.998. The standard InChI is InChI=1S/C10H19N3O2S/c1-9(8-16(3,14)15)11-6-4-10-5-7-12-13(10)2/h5,7,9,11H,4,6,8H2,1-3H3. The van der Waals surface area contributed by atoms with E-state index in [9.17, 15) is 8.42 Å². The lowest BCUT2D eigenvalue weighted by Gasteiger charge is -2.12. The van der Waals surface area contributed by atoms with E-state index in [0.717, 1.165) is 18.7 Å². The molecule has 0 aliphatic heterocycles. The summed E-state index contributed by atoms with van der Waals surface area (Å²) in [6.45, 7) is 2.64. The highest BCUT2D eigenvalue weighted by atomic mass is 32.2. The van der Waals surface area contributed by atoms with Crippen molar-refractivity contribution in [3.63, 3.8) is 0 Å². The summed E-state index contributed by atoms with van der Waals surface area (Å²) in [4.78, 5) is 0. The van der Waals surface area contributed by atoms with Gasteiger partial charge in [0, 0.05) is 44.2 Å². The second kappa shape index (κ2) is 5.45. The van der Waals surface area contributed by atoms with Gasteiger partial charge in [-0.1, -0.05) is 0 Å². The Morgan fingerprint density at radius 2 is 2.25 bits per heavy atom. The van der Waals surface area contributed by atoms with Gasteiger partial charge in [-0.3, -0.25) is 4.68 Å². The molecule has 1 unspecified atom stereocenters. The molecular formula is C10H19N3O2S. The molecular weight excluding hydrogens is 226 g/mol. The van der Waals surface area contributed by atoms with Crippen molar-refractivity contribution in [1.82, 2.24) is 15.1 Å². The average Bonchev–Trinajstić information content (AvgIpc) is 2.48. The molecule has 0 saturated heterocycles. The van der Waals surface area contributed by atoms with Gasteiger partial charge in [0.25, 0.3) is 0 Å². The smallest absolute Gasteiger partial charge is 0.148 e. The maximum atomic E-state index is 11.0. The highest BCUT2D eigenvalue weighted by molar-refractivity contribution is 7.90. The van der Waals surface area contributed by atoms with Crippen LogP contribution >= 0.6 is 0 Å². The lowest BCUT2D eigenvalue weighted by Crippen LogP contribution is -2.34. The van der Waals surface area contributed by atoms with E-state index in [4.69, 9.17) is 0 Å². The number of aromatic nitrogens is 2. The first-order valence-corrected chi connectivity index (χ1v) is 7.32. The molecule has 6 heteroatoms. The van der Waals surface area contributed by atoms with E-state index in [1.165, 1.54) is 6.26 Å². The number of nitrogens with zero attached hydrogens (tertiary/aromatic N) is 2. The summed E-state index contributed by atoms with van der Waals surface area (Å²) in [5.74, 6) is 0.179. The maximum Gasteiger partial charge on any atom is 0.148 e. The SMILES string of the molecule is CC(CS(C)(=O)=O)NCCc1ccnn1C. The van der Waals surface area contributed by atoms with Gasteiger partial charge < -0.3 is 5.32 Å². The molecule has 5 nitrogen and oxygen atoms in total. The van der Waals surface area contributed by atoms with Gasteiger partial charge in [0.1, 0.15) is 9.84 Å². The second-order valence-corrected chi connectivity index (χ2v) is 6.33. The highest BCUT2D eigenvalue weighted by Crippen LogP contribution is 1.97. The number of rotatable bonds is 6. The molecule has 1 rings (SSSR count). The molecule has 16 heavy (non-hydrogen) atoms. The molecule has 0 aromatic carbocycles. The van der Waals surface area contributed by atoms with Gasteiger partial charge in [-0.05, 0) is 13.0 Å². The van der Waals surface area contributed by atoms with Gasteiger partial charge in [-0.25, -0.2) is 8.42 Å². The van der Waals surface area contributed by atoms with E-state index in [2.05, 4.69) is 10.4 Å². The van der Waals surface area contributed by atoms with Crippen LogP contribution in [0.4, 0.5) is 0 Å². The first-order chi connectivity index (χ1) is 7.38. The van der Waals surface area contributed by atoms with Crippen LogP contribution in [0.5, 0.6) is 0 Å². The topological polar surface area (TPSA) is 64.0 Å². The molecule has 0 fully saturated rings. The fraction of sp³-hybridized carbons (Fsp3) is 0.700. The molecule has 0 radical (unpaired) electrons. The van der Waals surface area contributed by atoms with Crippen LogP contribution in [0.1, 0.15) is 12.6 Å². The Balaban J connectivity index is 2.28. The summed E-state index contributed by atoms with van der Waals surface area (Å²) in [5.41, 5.74) is 1.14. The zero-order valence-corrected chi connectivity index (χ0v) is 10.8. The van der Waals surface area contributed by atoms with Crippen LogP contribution in [0.3, 0.4) is 0 Å². The third kappa shape index (κ3) is 4.76. The fourth-order valence-electron chi connectivity index (χ4n) is 1.61. The maximum absolute atomic E-state index is 11.0. The quantitative estimate of drug-likeness (QED) is 0.765. The Morgan fingerprint density at radius 3 is 2.75 bits per heavy atom. The van der Waals surface area contributed by atoms with Gasteiger partial charge in [0.15, 0.2) is 0 Å². The Kier molecular flexibility index (Phi) is 4.49. The second-order valence-electron chi connectivity index (χ2n) is 4.14. The summed E-state index contributed by atoms with van der Waals surface area (Å²) >= 11 is 0. The van der Waals surface area contributed by atoms with E-state index in [-0.39, 0.29) is 11.8 Å². The van der Waals surface area contributed by atoms with Crippen molar-refractivity contribution in [3.8, 4) is 0 Å². The summed E-state index contributed by atoms with van der Waals surface area (Å²) in [6, 6.07) is 1.95. The number of hydrogen-bond acceptors (Lipinski definition) is 4. The predicted octanol–water partition coefficient (Wildman–Crippen LogP) is -0.0147. The van der Waals surface area contributed by atoms with Gasteiger partial charge >= 0.3 is 0 Å². The fourth-order valence-corrected chi connectivity index (χ4v) is 2.63. The van der Waals surface area contributed by atoms with Crippen LogP contribution in [0, 0.1) is 0 Å². The zero-order chi connectivity index (χ0) is 12.2. The van der Waals surface area contributed by atoms with Crippen molar-refractivity contribution in [2.75, 3.05) is 18.6 Å². The molecule has 0 bridgehead atoms. The molecule has 0 aliphatic carbocycles. The molecule has 0 saturated carbocycles. The number of sulfone groups is 1. The molecule has 1 aromatic rings. The van der Waals surface area contributed by atoms with E-state index in [1.54, 1.807) is 6.20 Å². The number of nitrogens with one attached hydrogen (secondary N) is 1. The summed E-state index contributed by atoms with van der Waals surface area (Å²) in [5, 5.41) is 7.25. The lowest BCUT2D eigenvalue weighted by molar-refractivity contribution is 0.555. The van der Waals surface area contributed by atoms with Gasteiger partial charge in [0.2, 0.25) is 0 Å². The van der Waals surface area contributed by atoms with Crippen LogP contribution in [-0.4, -0.2) is 42.8 Å². The van der Waals surface area contributed by atoms with Gasteiger partial charge in [-0.2, -0.15) is 5.10 Å². The lowest BCUT2D eigenvalue weighted by atomic mass is 10.3. The minimum absolute atomic E-state index is 0.0109. The van der Waals surface area contributed by atoms with Crippen molar-refractivity contribution >= 4 is 9.84 Å². The minimum atomic E-state index is -2.90. The Labute approximate surface area is 96.8 Å². The van der Waals surface area contributed by atoms with E-state index < -0.39 is 9.84 Å². The van der Waals surface area contributed by atoms with Crippen molar-refractivity contribution < 1.29 is 8.42 Å². The zero-order valence-electron chi connectivity index (χ0n) is 9.97. The molecule has 1 atom stereocenters. The van der Waals surface area contributed by atoms with E-state index >= 15 is 0 Å².